The first-order valence-electron chi connectivity index (χ1n) is 5.21. The van der Waals surface area contributed by atoms with Crippen molar-refractivity contribution < 1.29 is 9.47 Å². The minimum atomic E-state index is 0.108. The van der Waals surface area contributed by atoms with Crippen LogP contribution in [0, 0.1) is 0 Å². The van der Waals surface area contributed by atoms with E-state index in [1.54, 1.807) is 7.11 Å². The maximum atomic E-state index is 5.82. The molecule has 0 amide bonds. The highest BCUT2D eigenvalue weighted by Gasteiger charge is 2.05. The Morgan fingerprint density at radius 2 is 2.14 bits per heavy atom. The van der Waals surface area contributed by atoms with Gasteiger partial charge in [0, 0.05) is 39.5 Å². The monoisotopic (exact) mass is 204 g/mol. The van der Waals surface area contributed by atoms with Crippen molar-refractivity contribution >= 4 is 0 Å². The first kappa shape index (κ1) is 13.8. The van der Waals surface area contributed by atoms with Gasteiger partial charge in [-0.3, -0.25) is 0 Å². The van der Waals surface area contributed by atoms with Gasteiger partial charge in [-0.2, -0.15) is 0 Å². The average molecular weight is 204 g/mol. The SMILES string of the molecule is CCOCCCN(C)CC(N)COC. The van der Waals surface area contributed by atoms with Crippen LogP contribution in [0.5, 0.6) is 0 Å². The van der Waals surface area contributed by atoms with Crippen LogP contribution in [0.2, 0.25) is 0 Å². The molecule has 0 bridgehead atoms. The number of methoxy groups -OCH3 is 1. The smallest absolute Gasteiger partial charge is 0.0626 e. The summed E-state index contributed by atoms with van der Waals surface area (Å²) in [6.07, 6.45) is 1.06. The molecule has 0 aliphatic heterocycles. The molecule has 4 nitrogen and oxygen atoms in total. The zero-order valence-electron chi connectivity index (χ0n) is 9.66. The highest BCUT2D eigenvalue weighted by molar-refractivity contribution is 4.64. The molecule has 0 fully saturated rings. The number of nitrogens with two attached hydrogens (primary N) is 1. The van der Waals surface area contributed by atoms with Gasteiger partial charge in [0.2, 0.25) is 0 Å². The third-order valence-electron chi connectivity index (χ3n) is 1.96. The molecule has 0 spiro atoms. The van der Waals surface area contributed by atoms with Crippen LogP contribution in [0.1, 0.15) is 13.3 Å². The first-order chi connectivity index (χ1) is 6.70. The Bertz CT molecular complexity index is 123. The van der Waals surface area contributed by atoms with Crippen molar-refractivity contribution in [3.8, 4) is 0 Å². The Balaban J connectivity index is 3.30. The summed E-state index contributed by atoms with van der Waals surface area (Å²) in [6.45, 7) is 6.17. The van der Waals surface area contributed by atoms with Gasteiger partial charge in [0.05, 0.1) is 6.61 Å². The van der Waals surface area contributed by atoms with E-state index in [0.29, 0.717) is 6.61 Å². The topological polar surface area (TPSA) is 47.7 Å². The molecule has 4 heteroatoms. The number of ether oxygens (including phenoxy) is 2. The Morgan fingerprint density at radius 3 is 2.71 bits per heavy atom. The van der Waals surface area contributed by atoms with Gasteiger partial charge >= 0.3 is 0 Å². The fourth-order valence-electron chi connectivity index (χ4n) is 1.34. The molecular weight excluding hydrogens is 180 g/mol. The minimum absolute atomic E-state index is 0.108. The fourth-order valence-corrected chi connectivity index (χ4v) is 1.34. The molecule has 0 saturated heterocycles. The Labute approximate surface area is 87.4 Å². The standard InChI is InChI=1S/C10H24N2O2/c1-4-14-7-5-6-12(2)8-10(11)9-13-3/h10H,4-9,11H2,1-3H3. The van der Waals surface area contributed by atoms with E-state index in [0.717, 1.165) is 32.7 Å². The van der Waals surface area contributed by atoms with Gasteiger partial charge < -0.3 is 20.1 Å². The number of hydrogen-bond donors (Lipinski definition) is 1. The highest BCUT2D eigenvalue weighted by Crippen LogP contribution is 1.91. The van der Waals surface area contributed by atoms with Crippen LogP contribution >= 0.6 is 0 Å². The van der Waals surface area contributed by atoms with E-state index >= 15 is 0 Å². The number of nitrogens with zero attached hydrogens (tertiary/aromatic N) is 1. The lowest BCUT2D eigenvalue weighted by Crippen LogP contribution is -2.38. The second-order valence-electron chi connectivity index (χ2n) is 3.53. The summed E-state index contributed by atoms with van der Waals surface area (Å²) in [4.78, 5) is 2.21. The summed E-state index contributed by atoms with van der Waals surface area (Å²) in [5, 5.41) is 0. The number of likely N-dealkylation sites (N-methyl/N-ethyl adjacent to an activating group) is 1. The quantitative estimate of drug-likeness (QED) is 0.549. The lowest BCUT2D eigenvalue weighted by Gasteiger charge is -2.20. The van der Waals surface area contributed by atoms with Crippen molar-refractivity contribution in [3.05, 3.63) is 0 Å². The third-order valence-corrected chi connectivity index (χ3v) is 1.96. The second kappa shape index (κ2) is 9.40. The Hall–Kier alpha value is -0.160. The normalized spacial score (nSPS) is 13.5. The van der Waals surface area contributed by atoms with E-state index in [9.17, 15) is 0 Å². The molecular formula is C10H24N2O2. The van der Waals surface area contributed by atoms with E-state index in [1.165, 1.54) is 0 Å². The van der Waals surface area contributed by atoms with Crippen molar-refractivity contribution in [2.24, 2.45) is 5.73 Å². The highest BCUT2D eigenvalue weighted by atomic mass is 16.5. The molecule has 1 atom stereocenters. The molecule has 0 aliphatic rings. The van der Waals surface area contributed by atoms with E-state index < -0.39 is 0 Å². The Morgan fingerprint density at radius 1 is 1.43 bits per heavy atom. The summed E-state index contributed by atoms with van der Waals surface area (Å²) in [6, 6.07) is 0.108. The largest absolute Gasteiger partial charge is 0.383 e. The van der Waals surface area contributed by atoms with Crippen LogP contribution in [-0.2, 0) is 9.47 Å². The van der Waals surface area contributed by atoms with E-state index in [2.05, 4.69) is 11.9 Å². The molecule has 0 aromatic heterocycles. The van der Waals surface area contributed by atoms with E-state index in [4.69, 9.17) is 15.2 Å². The fraction of sp³-hybridized carbons (Fsp3) is 1.00. The molecule has 0 heterocycles. The second-order valence-corrected chi connectivity index (χ2v) is 3.53. The molecule has 14 heavy (non-hydrogen) atoms. The van der Waals surface area contributed by atoms with Crippen LogP contribution in [0.25, 0.3) is 0 Å². The van der Waals surface area contributed by atoms with Gasteiger partial charge in [0.25, 0.3) is 0 Å². The molecule has 0 saturated carbocycles. The van der Waals surface area contributed by atoms with Gasteiger partial charge in [-0.1, -0.05) is 0 Å². The van der Waals surface area contributed by atoms with Crippen LogP contribution in [0.4, 0.5) is 0 Å². The summed E-state index contributed by atoms with van der Waals surface area (Å²) < 4.78 is 10.2. The lowest BCUT2D eigenvalue weighted by molar-refractivity contribution is 0.129. The van der Waals surface area contributed by atoms with Gasteiger partial charge in [0.1, 0.15) is 0 Å². The van der Waals surface area contributed by atoms with Crippen LogP contribution in [-0.4, -0.2) is 58.0 Å². The maximum Gasteiger partial charge on any atom is 0.0626 e. The molecule has 0 aliphatic carbocycles. The van der Waals surface area contributed by atoms with Gasteiger partial charge in [-0.05, 0) is 20.4 Å². The van der Waals surface area contributed by atoms with Crippen molar-refractivity contribution in [2.75, 3.05) is 47.1 Å². The Kier molecular flexibility index (Phi) is 9.29. The van der Waals surface area contributed by atoms with Crippen LogP contribution in [0.3, 0.4) is 0 Å². The van der Waals surface area contributed by atoms with Crippen molar-refractivity contribution in [2.45, 2.75) is 19.4 Å². The summed E-state index contributed by atoms with van der Waals surface area (Å²) in [5.74, 6) is 0. The lowest BCUT2D eigenvalue weighted by atomic mass is 10.3. The third kappa shape index (κ3) is 8.44. The number of rotatable bonds is 9. The van der Waals surface area contributed by atoms with Crippen molar-refractivity contribution in [1.82, 2.24) is 4.90 Å². The molecule has 86 valence electrons. The van der Waals surface area contributed by atoms with Crippen molar-refractivity contribution in [1.29, 1.82) is 0 Å². The summed E-state index contributed by atoms with van der Waals surface area (Å²) in [5.41, 5.74) is 5.82. The summed E-state index contributed by atoms with van der Waals surface area (Å²) >= 11 is 0. The predicted octanol–water partition coefficient (Wildman–Crippen LogP) is 0.319. The molecule has 0 radical (unpaired) electrons. The van der Waals surface area contributed by atoms with Gasteiger partial charge in [-0.25, -0.2) is 0 Å². The van der Waals surface area contributed by atoms with Gasteiger partial charge in [0.15, 0.2) is 0 Å². The zero-order chi connectivity index (χ0) is 10.8. The zero-order valence-corrected chi connectivity index (χ0v) is 9.66. The maximum absolute atomic E-state index is 5.82. The minimum Gasteiger partial charge on any atom is -0.383 e. The predicted molar refractivity (Wildman–Crippen MR) is 58.5 cm³/mol. The molecule has 0 aromatic rings. The van der Waals surface area contributed by atoms with Crippen LogP contribution < -0.4 is 5.73 Å². The molecule has 0 aromatic carbocycles. The van der Waals surface area contributed by atoms with Gasteiger partial charge in [-0.15, -0.1) is 0 Å². The van der Waals surface area contributed by atoms with E-state index in [1.807, 2.05) is 6.92 Å². The number of hydrogen-bond acceptors (Lipinski definition) is 4. The molecule has 0 rings (SSSR count). The van der Waals surface area contributed by atoms with Crippen molar-refractivity contribution in [3.63, 3.8) is 0 Å². The molecule has 1 unspecified atom stereocenters. The van der Waals surface area contributed by atoms with E-state index in [-0.39, 0.29) is 6.04 Å². The van der Waals surface area contributed by atoms with Crippen LogP contribution in [0.15, 0.2) is 0 Å². The molecule has 2 N–H and O–H groups in total. The summed E-state index contributed by atoms with van der Waals surface area (Å²) in [7, 11) is 3.75. The first-order valence-corrected chi connectivity index (χ1v) is 5.21. The average Bonchev–Trinajstić information content (AvgIpc) is 2.13.